The van der Waals surface area contributed by atoms with E-state index in [1.807, 2.05) is 12.1 Å². The van der Waals surface area contributed by atoms with Crippen LogP contribution in [0, 0.1) is 0 Å². The number of aromatic nitrogens is 1. The van der Waals surface area contributed by atoms with Crippen molar-refractivity contribution < 1.29 is 0 Å². The van der Waals surface area contributed by atoms with E-state index in [9.17, 15) is 0 Å². The van der Waals surface area contributed by atoms with Crippen molar-refractivity contribution in [1.82, 2.24) is 15.2 Å². The summed E-state index contributed by atoms with van der Waals surface area (Å²) in [6.45, 7) is 5.64. The summed E-state index contributed by atoms with van der Waals surface area (Å²) in [7, 11) is 0. The third kappa shape index (κ3) is 5.59. The van der Waals surface area contributed by atoms with Crippen LogP contribution in [0.25, 0.3) is 0 Å². The van der Waals surface area contributed by atoms with E-state index in [1.165, 1.54) is 38.8 Å². The second-order valence-corrected chi connectivity index (χ2v) is 5.98. The second kappa shape index (κ2) is 8.95. The van der Waals surface area contributed by atoms with Crippen molar-refractivity contribution in [1.29, 1.82) is 0 Å². The van der Waals surface area contributed by atoms with Crippen LogP contribution in [0.3, 0.4) is 0 Å². The van der Waals surface area contributed by atoms with E-state index in [0.29, 0.717) is 5.11 Å². The van der Waals surface area contributed by atoms with Crippen LogP contribution in [0.15, 0.2) is 24.5 Å². The highest BCUT2D eigenvalue weighted by Crippen LogP contribution is 2.19. The number of piperidine rings is 1. The average molecular weight is 306 g/mol. The van der Waals surface area contributed by atoms with Gasteiger partial charge in [0.15, 0.2) is 5.11 Å². The van der Waals surface area contributed by atoms with Gasteiger partial charge in [0, 0.05) is 25.3 Å². The molecule has 0 saturated carbocycles. The maximum absolute atomic E-state index is 5.29. The minimum atomic E-state index is 0.675. The predicted molar refractivity (Wildman–Crippen MR) is 92.6 cm³/mol. The summed E-state index contributed by atoms with van der Waals surface area (Å²) >= 11 is 5.29. The zero-order valence-electron chi connectivity index (χ0n) is 12.8. The number of hydrogen-bond acceptors (Lipinski definition) is 3. The largest absolute Gasteiger partial charge is 0.362 e. The maximum Gasteiger partial charge on any atom is 0.170 e. The van der Waals surface area contributed by atoms with Crippen LogP contribution in [0.5, 0.6) is 0 Å². The van der Waals surface area contributed by atoms with Crippen molar-refractivity contribution in [2.75, 3.05) is 25.0 Å². The van der Waals surface area contributed by atoms with Gasteiger partial charge in [0.25, 0.3) is 0 Å². The van der Waals surface area contributed by atoms with E-state index in [2.05, 4.69) is 27.4 Å². The van der Waals surface area contributed by atoms with E-state index in [1.54, 1.807) is 12.4 Å². The predicted octanol–water partition coefficient (Wildman–Crippen LogP) is 3.02. The first-order valence-electron chi connectivity index (χ1n) is 7.98. The van der Waals surface area contributed by atoms with E-state index >= 15 is 0 Å². The van der Waals surface area contributed by atoms with Crippen molar-refractivity contribution in [3.8, 4) is 0 Å². The molecular weight excluding hydrogens is 280 g/mol. The van der Waals surface area contributed by atoms with Gasteiger partial charge in [-0.3, -0.25) is 4.98 Å². The Bertz CT molecular complexity index is 424. The van der Waals surface area contributed by atoms with Gasteiger partial charge in [-0.15, -0.1) is 0 Å². The van der Waals surface area contributed by atoms with Gasteiger partial charge in [0.05, 0.1) is 11.9 Å². The zero-order chi connectivity index (χ0) is 14.9. The lowest BCUT2D eigenvalue weighted by Gasteiger charge is -2.35. The molecule has 1 aliphatic heterocycles. The molecule has 1 atom stereocenters. The van der Waals surface area contributed by atoms with Gasteiger partial charge in [-0.05, 0) is 56.6 Å². The Balaban J connectivity index is 1.61. The Labute approximate surface area is 133 Å². The molecule has 0 unspecified atom stereocenters. The van der Waals surface area contributed by atoms with Gasteiger partial charge >= 0.3 is 0 Å². The first-order chi connectivity index (χ1) is 10.3. The monoisotopic (exact) mass is 306 g/mol. The smallest absolute Gasteiger partial charge is 0.170 e. The molecule has 2 rings (SSSR count). The summed E-state index contributed by atoms with van der Waals surface area (Å²) < 4.78 is 0. The minimum Gasteiger partial charge on any atom is -0.362 e. The van der Waals surface area contributed by atoms with Gasteiger partial charge in [-0.1, -0.05) is 13.3 Å². The van der Waals surface area contributed by atoms with E-state index in [0.717, 1.165) is 24.7 Å². The molecule has 0 aliphatic carbocycles. The zero-order valence-corrected chi connectivity index (χ0v) is 13.7. The van der Waals surface area contributed by atoms with Crippen molar-refractivity contribution in [2.45, 2.75) is 45.1 Å². The number of nitrogens with one attached hydrogen (secondary N) is 2. The SMILES string of the molecule is CC[C@H]1CCCCN1CCCNC(=S)Nc1cccnc1. The Morgan fingerprint density at radius 3 is 3.14 bits per heavy atom. The van der Waals surface area contributed by atoms with Crippen LogP contribution in [-0.2, 0) is 0 Å². The topological polar surface area (TPSA) is 40.2 Å². The Morgan fingerprint density at radius 1 is 1.48 bits per heavy atom. The standard InChI is InChI=1S/C16H26N4S/c1-2-15-8-3-4-11-20(15)12-6-10-18-16(21)19-14-7-5-9-17-13-14/h5,7,9,13,15H,2-4,6,8,10-12H2,1H3,(H2,18,19,21)/t15-/m0/s1. The fourth-order valence-electron chi connectivity index (χ4n) is 2.91. The van der Waals surface area contributed by atoms with Gasteiger partial charge in [-0.2, -0.15) is 0 Å². The number of anilines is 1. The van der Waals surface area contributed by atoms with E-state index in [4.69, 9.17) is 12.2 Å². The van der Waals surface area contributed by atoms with Crippen LogP contribution in [0.4, 0.5) is 5.69 Å². The molecule has 0 bridgehead atoms. The van der Waals surface area contributed by atoms with Crippen molar-refractivity contribution >= 4 is 23.0 Å². The van der Waals surface area contributed by atoms with Crippen molar-refractivity contribution in [3.05, 3.63) is 24.5 Å². The Hall–Kier alpha value is -1.20. The number of nitrogens with zero attached hydrogens (tertiary/aromatic N) is 2. The number of rotatable bonds is 6. The molecule has 2 N–H and O–H groups in total. The molecule has 5 heteroatoms. The summed E-state index contributed by atoms with van der Waals surface area (Å²) in [5.74, 6) is 0. The number of thiocarbonyl (C=S) groups is 1. The summed E-state index contributed by atoms with van der Waals surface area (Å²) in [6, 6.07) is 4.64. The van der Waals surface area contributed by atoms with Crippen molar-refractivity contribution in [2.24, 2.45) is 0 Å². The van der Waals surface area contributed by atoms with Crippen LogP contribution in [-0.4, -0.2) is 40.7 Å². The Morgan fingerprint density at radius 2 is 2.38 bits per heavy atom. The number of pyridine rings is 1. The van der Waals surface area contributed by atoms with Crippen LogP contribution < -0.4 is 10.6 Å². The number of likely N-dealkylation sites (tertiary alicyclic amines) is 1. The molecule has 1 aromatic rings. The van der Waals surface area contributed by atoms with Gasteiger partial charge in [0.1, 0.15) is 0 Å². The van der Waals surface area contributed by atoms with Gasteiger partial charge in [0.2, 0.25) is 0 Å². The van der Waals surface area contributed by atoms with E-state index < -0.39 is 0 Å². The molecule has 0 radical (unpaired) electrons. The Kier molecular flexibility index (Phi) is 6.89. The van der Waals surface area contributed by atoms with Crippen LogP contribution in [0.1, 0.15) is 39.0 Å². The highest BCUT2D eigenvalue weighted by atomic mass is 32.1. The summed E-state index contributed by atoms with van der Waals surface area (Å²) in [5.41, 5.74) is 0.928. The highest BCUT2D eigenvalue weighted by Gasteiger charge is 2.19. The molecular formula is C16H26N4S. The molecule has 1 aromatic heterocycles. The normalized spacial score (nSPS) is 19.2. The molecule has 116 valence electrons. The number of hydrogen-bond donors (Lipinski definition) is 2. The molecule has 0 spiro atoms. The van der Waals surface area contributed by atoms with E-state index in [-0.39, 0.29) is 0 Å². The van der Waals surface area contributed by atoms with Gasteiger partial charge in [-0.25, -0.2) is 0 Å². The first kappa shape index (κ1) is 16.2. The molecule has 1 saturated heterocycles. The molecule has 4 nitrogen and oxygen atoms in total. The summed E-state index contributed by atoms with van der Waals surface area (Å²) in [6.07, 6.45) is 10.0. The third-order valence-electron chi connectivity index (χ3n) is 4.05. The lowest BCUT2D eigenvalue weighted by atomic mass is 10.00. The second-order valence-electron chi connectivity index (χ2n) is 5.57. The van der Waals surface area contributed by atoms with Gasteiger partial charge < -0.3 is 15.5 Å². The first-order valence-corrected chi connectivity index (χ1v) is 8.39. The molecule has 0 aromatic carbocycles. The molecule has 21 heavy (non-hydrogen) atoms. The fraction of sp³-hybridized carbons (Fsp3) is 0.625. The molecule has 1 aliphatic rings. The quantitative estimate of drug-likeness (QED) is 0.624. The summed E-state index contributed by atoms with van der Waals surface area (Å²) in [4.78, 5) is 6.70. The lowest BCUT2D eigenvalue weighted by Crippen LogP contribution is -2.40. The maximum atomic E-state index is 5.29. The minimum absolute atomic E-state index is 0.675. The molecule has 2 heterocycles. The fourth-order valence-corrected chi connectivity index (χ4v) is 3.13. The highest BCUT2D eigenvalue weighted by molar-refractivity contribution is 7.80. The molecule has 0 amide bonds. The van der Waals surface area contributed by atoms with Crippen LogP contribution in [0.2, 0.25) is 0 Å². The van der Waals surface area contributed by atoms with Crippen LogP contribution >= 0.6 is 12.2 Å². The molecule has 1 fully saturated rings. The third-order valence-corrected chi connectivity index (χ3v) is 4.29. The lowest BCUT2D eigenvalue weighted by molar-refractivity contribution is 0.143. The van der Waals surface area contributed by atoms with Crippen molar-refractivity contribution in [3.63, 3.8) is 0 Å². The summed E-state index contributed by atoms with van der Waals surface area (Å²) in [5, 5.41) is 7.09. The average Bonchev–Trinajstić information content (AvgIpc) is 2.53.